The molecule has 4 aliphatic rings. The molecule has 3 aliphatic heterocycles. The van der Waals surface area contributed by atoms with Gasteiger partial charge in [0, 0.05) is 23.9 Å². The molecule has 3 fully saturated rings. The molecule has 294 valence electrons. The molecule has 2 aromatic rings. The Balaban J connectivity index is 1.26. The van der Waals surface area contributed by atoms with E-state index in [0.717, 1.165) is 37.0 Å². The summed E-state index contributed by atoms with van der Waals surface area (Å²) < 4.78 is 54.0. The van der Waals surface area contributed by atoms with Gasteiger partial charge in [-0.25, -0.2) is 27.1 Å². The summed E-state index contributed by atoms with van der Waals surface area (Å²) in [6, 6.07) is 3.47. The molecule has 6 rings (SSSR count). The third-order valence-electron chi connectivity index (χ3n) is 10.2. The molecule has 2 saturated heterocycles. The van der Waals surface area contributed by atoms with E-state index in [2.05, 4.69) is 15.4 Å². The van der Waals surface area contributed by atoms with Crippen molar-refractivity contribution in [3.05, 3.63) is 51.6 Å². The first-order valence-corrected chi connectivity index (χ1v) is 20.8. The number of rotatable bonds is 5. The lowest BCUT2D eigenvalue weighted by Gasteiger charge is -2.30. The second kappa shape index (κ2) is 15.6. The molecule has 1 aromatic heterocycles. The van der Waals surface area contributed by atoms with Crippen LogP contribution in [0.3, 0.4) is 0 Å². The van der Waals surface area contributed by atoms with E-state index in [1.165, 1.54) is 27.3 Å². The summed E-state index contributed by atoms with van der Waals surface area (Å²) in [6.45, 7) is 4.97. The lowest BCUT2D eigenvalue weighted by atomic mass is 10.0. The van der Waals surface area contributed by atoms with Crippen LogP contribution in [0.25, 0.3) is 0 Å². The number of alkyl carbamates (subject to hydrolysis) is 1. The molecule has 1 saturated carbocycles. The number of halogens is 2. The predicted molar refractivity (Wildman–Crippen MR) is 195 cm³/mol. The third kappa shape index (κ3) is 8.94. The summed E-state index contributed by atoms with van der Waals surface area (Å²) in [7, 11) is -4.31. The lowest BCUT2D eigenvalue weighted by molar-refractivity contribution is -0.141. The number of benzene rings is 1. The zero-order chi connectivity index (χ0) is 39.0. The topological polar surface area (TPSA) is 181 Å². The van der Waals surface area contributed by atoms with Crippen molar-refractivity contribution in [3.8, 4) is 0 Å². The van der Waals surface area contributed by atoms with Crippen LogP contribution in [-0.4, -0.2) is 84.0 Å². The molecule has 5 amide bonds. The smallest absolute Gasteiger partial charge is 0.410 e. The van der Waals surface area contributed by atoms with E-state index in [-0.39, 0.29) is 54.0 Å². The highest BCUT2D eigenvalue weighted by atomic mass is 35.5. The molecule has 4 heterocycles. The van der Waals surface area contributed by atoms with Crippen LogP contribution in [0.15, 0.2) is 33.9 Å². The van der Waals surface area contributed by atoms with Crippen molar-refractivity contribution in [2.45, 2.75) is 125 Å². The molecule has 5 atom stereocenters. The maximum absolute atomic E-state index is 14.4. The summed E-state index contributed by atoms with van der Waals surface area (Å²) in [5, 5.41) is 7.09. The van der Waals surface area contributed by atoms with Crippen LogP contribution in [0, 0.1) is 11.7 Å². The molecular formula is C36H45ClFN5O9S2. The number of carbonyl (C=O) groups excluding carboxylic acids is 5. The van der Waals surface area contributed by atoms with Crippen LogP contribution >= 0.6 is 22.9 Å². The Labute approximate surface area is 322 Å². The van der Waals surface area contributed by atoms with Crippen LogP contribution in [0.5, 0.6) is 0 Å². The summed E-state index contributed by atoms with van der Waals surface area (Å²) >= 11 is 6.79. The Kier molecular flexibility index (Phi) is 11.5. The molecule has 0 radical (unpaired) electrons. The number of hydrogen-bond acceptors (Lipinski definition) is 10. The van der Waals surface area contributed by atoms with Gasteiger partial charge in [-0.05, 0) is 63.6 Å². The standard InChI is InChI=1S/C36H45ClFN5O9S2/c1-35(2,3)52-33(47)39-27-13-8-6-4-5-7-11-22-16-36(22,32(46)41-54(49,50)29-14-23(37)20-53-29)40-30(44)28-15-24(18-43(28)31(27)45)51-34(48)42-17-21-10-9-12-26(38)25(21)19-42/h9-10,12,14,20,22,24,27-28H,4-8,11,13,15-19H2,1-3H3,(H,39,47)(H,40,44)(H,41,46)/t22-,24-,27+,28+,36-/m1/s1. The first kappa shape index (κ1) is 39.7. The number of thiophene rings is 1. The van der Waals surface area contributed by atoms with Gasteiger partial charge in [0.25, 0.3) is 15.9 Å². The van der Waals surface area contributed by atoms with Crippen molar-refractivity contribution in [1.29, 1.82) is 0 Å². The molecule has 14 nitrogen and oxygen atoms in total. The van der Waals surface area contributed by atoms with Gasteiger partial charge in [0.05, 0.1) is 18.1 Å². The lowest BCUT2D eigenvalue weighted by Crippen LogP contribution is -2.58. The number of fused-ring (bicyclic) bond motifs is 3. The average molecular weight is 810 g/mol. The summed E-state index contributed by atoms with van der Waals surface area (Å²) in [6.07, 6.45) is 1.97. The van der Waals surface area contributed by atoms with E-state index in [4.69, 9.17) is 21.1 Å². The van der Waals surface area contributed by atoms with Gasteiger partial charge in [-0.1, -0.05) is 55.8 Å². The molecule has 54 heavy (non-hydrogen) atoms. The monoisotopic (exact) mass is 809 g/mol. The Morgan fingerprint density at radius 3 is 2.48 bits per heavy atom. The first-order valence-electron chi connectivity index (χ1n) is 18.1. The van der Waals surface area contributed by atoms with Crippen LogP contribution in [0.2, 0.25) is 5.02 Å². The van der Waals surface area contributed by atoms with E-state index in [9.17, 15) is 36.8 Å². The molecule has 18 heteroatoms. The van der Waals surface area contributed by atoms with Crippen molar-refractivity contribution >= 4 is 62.9 Å². The van der Waals surface area contributed by atoms with Crippen molar-refractivity contribution in [1.82, 2.24) is 25.2 Å². The minimum absolute atomic E-state index is 0.0123. The number of ether oxygens (including phenoxy) is 2. The second-order valence-electron chi connectivity index (χ2n) is 15.4. The molecule has 0 bridgehead atoms. The van der Waals surface area contributed by atoms with Crippen LogP contribution < -0.4 is 15.4 Å². The predicted octanol–water partition coefficient (Wildman–Crippen LogP) is 4.98. The molecular weight excluding hydrogens is 765 g/mol. The van der Waals surface area contributed by atoms with Crippen LogP contribution in [-0.2, 0) is 47.0 Å². The molecule has 3 N–H and O–H groups in total. The quantitative estimate of drug-likeness (QED) is 0.376. The van der Waals surface area contributed by atoms with Gasteiger partial charge < -0.3 is 25.0 Å². The first-order chi connectivity index (χ1) is 25.5. The summed E-state index contributed by atoms with van der Waals surface area (Å²) in [5.41, 5.74) is -1.40. The van der Waals surface area contributed by atoms with Gasteiger partial charge in [-0.2, -0.15) is 0 Å². The Hall–Kier alpha value is -3.96. The molecule has 0 unspecified atom stereocenters. The van der Waals surface area contributed by atoms with E-state index in [1.807, 2.05) is 0 Å². The maximum atomic E-state index is 14.4. The number of sulfonamides is 1. The Morgan fingerprint density at radius 1 is 1.07 bits per heavy atom. The van der Waals surface area contributed by atoms with Crippen molar-refractivity contribution < 1.29 is 46.3 Å². The third-order valence-corrected chi connectivity index (χ3v) is 13.3. The van der Waals surface area contributed by atoms with E-state index >= 15 is 0 Å². The number of nitrogens with zero attached hydrogens (tertiary/aromatic N) is 2. The van der Waals surface area contributed by atoms with Gasteiger partial charge in [0.2, 0.25) is 11.8 Å². The van der Waals surface area contributed by atoms with Gasteiger partial charge in [-0.15, -0.1) is 11.3 Å². The zero-order valence-electron chi connectivity index (χ0n) is 30.3. The van der Waals surface area contributed by atoms with E-state index in [1.54, 1.807) is 32.9 Å². The number of hydrogen-bond donors (Lipinski definition) is 3. The van der Waals surface area contributed by atoms with E-state index < -0.39 is 75.1 Å². The minimum atomic E-state index is -4.31. The van der Waals surface area contributed by atoms with E-state index in [0.29, 0.717) is 24.0 Å². The van der Waals surface area contributed by atoms with Crippen molar-refractivity contribution in [3.63, 3.8) is 0 Å². The fourth-order valence-electron chi connectivity index (χ4n) is 7.45. The van der Waals surface area contributed by atoms with Gasteiger partial charge in [0.15, 0.2) is 0 Å². The van der Waals surface area contributed by atoms with Crippen LogP contribution in [0.4, 0.5) is 14.0 Å². The largest absolute Gasteiger partial charge is 0.444 e. The van der Waals surface area contributed by atoms with Crippen LogP contribution in [0.1, 0.15) is 89.7 Å². The molecule has 1 aromatic carbocycles. The zero-order valence-corrected chi connectivity index (χ0v) is 32.7. The van der Waals surface area contributed by atoms with Crippen molar-refractivity contribution in [2.75, 3.05) is 6.54 Å². The maximum Gasteiger partial charge on any atom is 0.410 e. The number of amides is 5. The van der Waals surface area contributed by atoms with Crippen molar-refractivity contribution in [2.24, 2.45) is 5.92 Å². The average Bonchev–Trinajstić information content (AvgIpc) is 3.46. The van der Waals surface area contributed by atoms with Gasteiger partial charge in [-0.3, -0.25) is 19.3 Å². The normalized spacial score (nSPS) is 26.3. The minimum Gasteiger partial charge on any atom is -0.444 e. The second-order valence-corrected chi connectivity index (χ2v) is 18.7. The molecule has 1 aliphatic carbocycles. The Morgan fingerprint density at radius 2 is 1.80 bits per heavy atom. The fourth-order valence-corrected chi connectivity index (χ4v) is 9.90. The van der Waals surface area contributed by atoms with Gasteiger partial charge >= 0.3 is 12.2 Å². The van der Waals surface area contributed by atoms with Gasteiger partial charge in [0.1, 0.15) is 39.4 Å². The SMILES string of the molecule is CC(C)(C)OC(=O)N[C@H]1CCCCCCC[C@@H]2C[C@@]2(C(=O)NS(=O)(=O)c2cc(Cl)cs2)NC(=O)[C@@H]2C[C@@H](OC(=O)N3Cc4cccc(F)c4C3)CN2C1=O. The highest BCUT2D eigenvalue weighted by Crippen LogP contribution is 2.48. The fraction of sp³-hybridized carbons (Fsp3) is 0.583. The number of nitrogens with one attached hydrogen (secondary N) is 3. The highest BCUT2D eigenvalue weighted by molar-refractivity contribution is 7.92. The summed E-state index contributed by atoms with van der Waals surface area (Å²) in [5.74, 6) is -3.06. The Bertz CT molecular complexity index is 1920. The summed E-state index contributed by atoms with van der Waals surface area (Å²) in [4.78, 5) is 71.4. The highest BCUT2D eigenvalue weighted by Gasteiger charge is 2.62. The number of carbonyl (C=O) groups is 5. The molecule has 0 spiro atoms.